The highest BCUT2D eigenvalue weighted by Crippen LogP contribution is 2.26. The van der Waals surface area contributed by atoms with Gasteiger partial charge in [0.25, 0.3) is 0 Å². The third kappa shape index (κ3) is 4.13. The number of ether oxygens (including phenoxy) is 3. The van der Waals surface area contributed by atoms with Gasteiger partial charge < -0.3 is 19.3 Å². The Balaban J connectivity index is 2.91. The Bertz CT molecular complexity index is 416. The van der Waals surface area contributed by atoms with Gasteiger partial charge in [-0.3, -0.25) is 0 Å². The molecule has 1 rings (SSSR count). The molecule has 0 aliphatic rings. The largest absolute Gasteiger partial charge is 0.497 e. The van der Waals surface area contributed by atoms with Crippen LogP contribution in [0.15, 0.2) is 18.2 Å². The smallest absolute Gasteiger partial charge is 0.347 e. The molecule has 5 nitrogen and oxygen atoms in total. The molecule has 0 radical (unpaired) electrons. The summed E-state index contributed by atoms with van der Waals surface area (Å²) in [5.74, 6) is 0.629. The SMILES string of the molecule is CCOC(=O)C(CC)Oc1cc(OC)ccc1CO. The number of aliphatic hydroxyl groups is 1. The first-order valence-electron chi connectivity index (χ1n) is 6.27. The lowest BCUT2D eigenvalue weighted by atomic mass is 10.2. The highest BCUT2D eigenvalue weighted by molar-refractivity contribution is 5.75. The molecule has 0 aliphatic carbocycles. The third-order valence-corrected chi connectivity index (χ3v) is 2.63. The van der Waals surface area contributed by atoms with Gasteiger partial charge in [-0.2, -0.15) is 0 Å². The number of benzene rings is 1. The predicted molar refractivity (Wildman–Crippen MR) is 70.3 cm³/mol. The van der Waals surface area contributed by atoms with E-state index in [1.54, 1.807) is 32.2 Å². The topological polar surface area (TPSA) is 65.0 Å². The predicted octanol–water partition coefficient (Wildman–Crippen LogP) is 1.91. The summed E-state index contributed by atoms with van der Waals surface area (Å²) in [4.78, 5) is 11.7. The zero-order chi connectivity index (χ0) is 14.3. The van der Waals surface area contributed by atoms with Crippen molar-refractivity contribution in [2.45, 2.75) is 33.0 Å². The minimum absolute atomic E-state index is 0.168. The molecular formula is C14H20O5. The van der Waals surface area contributed by atoms with Gasteiger partial charge in [-0.1, -0.05) is 6.92 Å². The van der Waals surface area contributed by atoms with Crippen molar-refractivity contribution in [2.75, 3.05) is 13.7 Å². The maximum atomic E-state index is 11.7. The first kappa shape index (κ1) is 15.3. The molecule has 0 aliphatic heterocycles. The molecular weight excluding hydrogens is 248 g/mol. The number of hydrogen-bond acceptors (Lipinski definition) is 5. The van der Waals surface area contributed by atoms with E-state index in [9.17, 15) is 9.90 Å². The third-order valence-electron chi connectivity index (χ3n) is 2.63. The summed E-state index contributed by atoms with van der Waals surface area (Å²) < 4.78 is 15.7. The van der Waals surface area contributed by atoms with Gasteiger partial charge in [-0.05, 0) is 25.5 Å². The summed E-state index contributed by atoms with van der Waals surface area (Å²) in [5, 5.41) is 9.27. The summed E-state index contributed by atoms with van der Waals surface area (Å²) in [6, 6.07) is 5.07. The van der Waals surface area contributed by atoms with Gasteiger partial charge >= 0.3 is 5.97 Å². The number of carbonyl (C=O) groups is 1. The molecule has 1 N–H and O–H groups in total. The van der Waals surface area contributed by atoms with Crippen LogP contribution in [0.25, 0.3) is 0 Å². The van der Waals surface area contributed by atoms with Crippen LogP contribution in [-0.4, -0.2) is 30.9 Å². The summed E-state index contributed by atoms with van der Waals surface area (Å²) in [6.07, 6.45) is -0.196. The maximum absolute atomic E-state index is 11.7. The molecule has 1 aromatic carbocycles. The molecule has 0 aromatic heterocycles. The second-order valence-electron chi connectivity index (χ2n) is 3.90. The minimum Gasteiger partial charge on any atom is -0.497 e. The number of aliphatic hydroxyl groups excluding tert-OH is 1. The van der Waals surface area contributed by atoms with Crippen LogP contribution in [0.1, 0.15) is 25.8 Å². The molecule has 1 atom stereocenters. The van der Waals surface area contributed by atoms with Crippen molar-refractivity contribution in [3.63, 3.8) is 0 Å². The van der Waals surface area contributed by atoms with E-state index in [0.717, 1.165) is 0 Å². The van der Waals surface area contributed by atoms with Gasteiger partial charge in [0.2, 0.25) is 0 Å². The summed E-state index contributed by atoms with van der Waals surface area (Å²) >= 11 is 0. The van der Waals surface area contributed by atoms with E-state index in [4.69, 9.17) is 14.2 Å². The fourth-order valence-corrected chi connectivity index (χ4v) is 1.59. The Hall–Kier alpha value is -1.75. The molecule has 0 bridgehead atoms. The van der Waals surface area contributed by atoms with Crippen LogP contribution in [0.4, 0.5) is 0 Å². The lowest BCUT2D eigenvalue weighted by molar-refractivity contribution is -0.151. The van der Waals surface area contributed by atoms with Crippen LogP contribution in [0.3, 0.4) is 0 Å². The lowest BCUT2D eigenvalue weighted by Gasteiger charge is -2.18. The maximum Gasteiger partial charge on any atom is 0.347 e. The molecule has 106 valence electrons. The van der Waals surface area contributed by atoms with E-state index in [1.807, 2.05) is 6.92 Å². The van der Waals surface area contributed by atoms with Gasteiger partial charge in [-0.25, -0.2) is 4.79 Å². The fourth-order valence-electron chi connectivity index (χ4n) is 1.59. The van der Waals surface area contributed by atoms with Crippen LogP contribution in [0.2, 0.25) is 0 Å². The van der Waals surface area contributed by atoms with E-state index in [0.29, 0.717) is 30.1 Å². The summed E-state index contributed by atoms with van der Waals surface area (Å²) in [5.41, 5.74) is 0.601. The average Bonchev–Trinajstić information content (AvgIpc) is 2.44. The Kier molecular flexibility index (Phi) is 6.15. The number of methoxy groups -OCH3 is 1. The second-order valence-corrected chi connectivity index (χ2v) is 3.90. The van der Waals surface area contributed by atoms with Crippen molar-refractivity contribution in [1.29, 1.82) is 0 Å². The van der Waals surface area contributed by atoms with Crippen molar-refractivity contribution < 1.29 is 24.1 Å². The van der Waals surface area contributed by atoms with E-state index in [2.05, 4.69) is 0 Å². The zero-order valence-electron chi connectivity index (χ0n) is 11.5. The van der Waals surface area contributed by atoms with Crippen molar-refractivity contribution in [3.8, 4) is 11.5 Å². The Morgan fingerprint density at radius 2 is 2.11 bits per heavy atom. The van der Waals surface area contributed by atoms with Crippen LogP contribution < -0.4 is 9.47 Å². The van der Waals surface area contributed by atoms with Crippen LogP contribution in [0.5, 0.6) is 11.5 Å². The monoisotopic (exact) mass is 268 g/mol. The first-order chi connectivity index (χ1) is 9.15. The quantitative estimate of drug-likeness (QED) is 0.765. The molecule has 0 saturated carbocycles. The van der Waals surface area contributed by atoms with Crippen molar-refractivity contribution in [1.82, 2.24) is 0 Å². The van der Waals surface area contributed by atoms with Crippen molar-refractivity contribution >= 4 is 5.97 Å². The molecule has 0 spiro atoms. The van der Waals surface area contributed by atoms with Crippen molar-refractivity contribution in [3.05, 3.63) is 23.8 Å². The standard InChI is InChI=1S/C14H20O5/c1-4-12(14(16)18-5-2)19-13-8-11(17-3)7-6-10(13)9-15/h6-8,12,15H,4-5,9H2,1-3H3. The highest BCUT2D eigenvalue weighted by Gasteiger charge is 2.21. The molecule has 5 heteroatoms. The lowest BCUT2D eigenvalue weighted by Crippen LogP contribution is -2.29. The normalized spacial score (nSPS) is 11.8. The Morgan fingerprint density at radius 1 is 1.37 bits per heavy atom. The summed E-state index contributed by atoms with van der Waals surface area (Å²) in [7, 11) is 1.54. The van der Waals surface area contributed by atoms with Crippen molar-refractivity contribution in [2.24, 2.45) is 0 Å². The molecule has 0 fully saturated rings. The minimum atomic E-state index is -0.683. The fraction of sp³-hybridized carbons (Fsp3) is 0.500. The molecule has 1 aromatic rings. The first-order valence-corrected chi connectivity index (χ1v) is 6.27. The summed E-state index contributed by atoms with van der Waals surface area (Å²) in [6.45, 7) is 3.72. The van der Waals surface area contributed by atoms with E-state index < -0.39 is 12.1 Å². The Labute approximate surface area is 113 Å². The number of carbonyl (C=O) groups excluding carboxylic acids is 1. The Morgan fingerprint density at radius 3 is 2.63 bits per heavy atom. The molecule has 1 unspecified atom stereocenters. The van der Waals surface area contributed by atoms with Gasteiger partial charge in [0.05, 0.1) is 20.3 Å². The van der Waals surface area contributed by atoms with Crippen LogP contribution >= 0.6 is 0 Å². The number of esters is 1. The molecule has 0 amide bonds. The van der Waals surface area contributed by atoms with Crippen LogP contribution in [0, 0.1) is 0 Å². The average molecular weight is 268 g/mol. The van der Waals surface area contributed by atoms with E-state index in [1.165, 1.54) is 0 Å². The molecule has 19 heavy (non-hydrogen) atoms. The second kappa shape index (κ2) is 7.63. The van der Waals surface area contributed by atoms with Gasteiger partial charge in [0, 0.05) is 11.6 Å². The van der Waals surface area contributed by atoms with Gasteiger partial charge in [0.15, 0.2) is 6.10 Å². The number of rotatable bonds is 7. The van der Waals surface area contributed by atoms with E-state index in [-0.39, 0.29) is 6.61 Å². The molecule has 0 saturated heterocycles. The number of hydrogen-bond donors (Lipinski definition) is 1. The van der Waals surface area contributed by atoms with Crippen LogP contribution in [-0.2, 0) is 16.1 Å². The van der Waals surface area contributed by atoms with Gasteiger partial charge in [0.1, 0.15) is 11.5 Å². The van der Waals surface area contributed by atoms with E-state index >= 15 is 0 Å². The van der Waals surface area contributed by atoms with Gasteiger partial charge in [-0.15, -0.1) is 0 Å². The highest BCUT2D eigenvalue weighted by atomic mass is 16.6. The zero-order valence-corrected chi connectivity index (χ0v) is 11.5. The molecule has 0 heterocycles.